The number of hydrogen-bond donors (Lipinski definition) is 2. The molecule has 0 spiro atoms. The summed E-state index contributed by atoms with van der Waals surface area (Å²) in [5.41, 5.74) is 17.1. The number of fused-ring (bicyclic) bond motifs is 5. The maximum absolute atomic E-state index is 6.85. The molecular weight excluding hydrogens is 703 g/mol. The lowest BCUT2D eigenvalue weighted by Crippen LogP contribution is -2.35. The fourth-order valence-corrected chi connectivity index (χ4v) is 8.53. The van der Waals surface area contributed by atoms with Crippen molar-refractivity contribution >= 4 is 48.9 Å². The predicted octanol–water partition coefficient (Wildman–Crippen LogP) is 13.5. The SMILES string of the molecule is NC(N/C(=N\Cc1ccccc1-c1ccccc1)c1ccc(-c2ccc(-c3c4ccccc4cc4c3ccc3ccccc34)cc2)c2ccccc12)c1ccccc1. The summed E-state index contributed by atoms with van der Waals surface area (Å²) in [7, 11) is 0. The molecule has 0 saturated heterocycles. The van der Waals surface area contributed by atoms with Crippen LogP contribution in [0.3, 0.4) is 0 Å². The van der Waals surface area contributed by atoms with Gasteiger partial charge >= 0.3 is 0 Å². The number of nitrogens with two attached hydrogens (primary N) is 1. The number of hydrogen-bond acceptors (Lipinski definition) is 2. The van der Waals surface area contributed by atoms with E-state index >= 15 is 0 Å². The van der Waals surface area contributed by atoms with E-state index in [1.807, 2.05) is 30.3 Å². The van der Waals surface area contributed by atoms with E-state index in [0.717, 1.165) is 38.9 Å². The molecule has 3 heteroatoms. The Bertz CT molecular complexity index is 3110. The van der Waals surface area contributed by atoms with Crippen molar-refractivity contribution in [3.63, 3.8) is 0 Å². The molecule has 276 valence electrons. The minimum absolute atomic E-state index is 0.446. The molecule has 10 aromatic carbocycles. The average molecular weight is 744 g/mol. The third kappa shape index (κ3) is 6.58. The molecule has 0 aromatic heterocycles. The summed E-state index contributed by atoms with van der Waals surface area (Å²) < 4.78 is 0. The minimum Gasteiger partial charge on any atom is -0.351 e. The fraction of sp³-hybridized carbons (Fsp3) is 0.0364. The van der Waals surface area contributed by atoms with E-state index in [0.29, 0.717) is 6.54 Å². The third-order valence-corrected chi connectivity index (χ3v) is 11.4. The highest BCUT2D eigenvalue weighted by Gasteiger charge is 2.17. The lowest BCUT2D eigenvalue weighted by molar-refractivity contribution is 0.679. The Balaban J connectivity index is 1.06. The van der Waals surface area contributed by atoms with Crippen molar-refractivity contribution < 1.29 is 0 Å². The van der Waals surface area contributed by atoms with Gasteiger partial charge in [-0.1, -0.05) is 206 Å². The molecule has 10 aromatic rings. The third-order valence-electron chi connectivity index (χ3n) is 11.4. The molecular formula is C55H41N3. The quantitative estimate of drug-likeness (QED) is 0.0535. The van der Waals surface area contributed by atoms with Gasteiger partial charge in [-0.25, -0.2) is 0 Å². The van der Waals surface area contributed by atoms with Gasteiger partial charge < -0.3 is 11.1 Å². The van der Waals surface area contributed by atoms with Crippen LogP contribution in [0, 0.1) is 0 Å². The molecule has 0 heterocycles. The largest absolute Gasteiger partial charge is 0.351 e. The first-order chi connectivity index (χ1) is 28.7. The highest BCUT2D eigenvalue weighted by Crippen LogP contribution is 2.40. The first-order valence-electron chi connectivity index (χ1n) is 19.9. The highest BCUT2D eigenvalue weighted by atomic mass is 15.1. The zero-order valence-electron chi connectivity index (χ0n) is 32.0. The molecule has 58 heavy (non-hydrogen) atoms. The lowest BCUT2D eigenvalue weighted by Gasteiger charge is -2.20. The van der Waals surface area contributed by atoms with Crippen LogP contribution in [0.2, 0.25) is 0 Å². The summed E-state index contributed by atoms with van der Waals surface area (Å²) in [5, 5.41) is 13.5. The second kappa shape index (κ2) is 15.3. The predicted molar refractivity (Wildman–Crippen MR) is 246 cm³/mol. The van der Waals surface area contributed by atoms with Gasteiger partial charge in [-0.15, -0.1) is 0 Å². The molecule has 0 aliphatic carbocycles. The second-order valence-corrected chi connectivity index (χ2v) is 14.9. The van der Waals surface area contributed by atoms with Crippen LogP contribution >= 0.6 is 0 Å². The van der Waals surface area contributed by atoms with E-state index in [1.54, 1.807) is 0 Å². The van der Waals surface area contributed by atoms with Gasteiger partial charge in [0.15, 0.2) is 0 Å². The Morgan fingerprint density at radius 2 is 1.03 bits per heavy atom. The van der Waals surface area contributed by atoms with Crippen molar-refractivity contribution in [1.29, 1.82) is 0 Å². The van der Waals surface area contributed by atoms with Gasteiger partial charge in [-0.3, -0.25) is 4.99 Å². The Morgan fingerprint density at radius 3 is 1.83 bits per heavy atom. The maximum Gasteiger partial charge on any atom is 0.130 e. The lowest BCUT2D eigenvalue weighted by atomic mass is 9.88. The number of rotatable bonds is 8. The summed E-state index contributed by atoms with van der Waals surface area (Å²) in [6.45, 7) is 0.491. The van der Waals surface area contributed by atoms with Gasteiger partial charge in [-0.05, 0) is 93.7 Å². The average Bonchev–Trinajstić information content (AvgIpc) is 3.30. The molecule has 3 N–H and O–H groups in total. The number of benzene rings is 10. The van der Waals surface area contributed by atoms with Crippen molar-refractivity contribution in [3.8, 4) is 33.4 Å². The first-order valence-corrected chi connectivity index (χ1v) is 19.9. The fourth-order valence-electron chi connectivity index (χ4n) is 8.53. The van der Waals surface area contributed by atoms with E-state index in [9.17, 15) is 0 Å². The van der Waals surface area contributed by atoms with Crippen LogP contribution in [0.4, 0.5) is 0 Å². The first kappa shape index (κ1) is 35.1. The van der Waals surface area contributed by atoms with Crippen molar-refractivity contribution in [2.24, 2.45) is 10.7 Å². The Hall–Kier alpha value is -7.33. The molecule has 0 aliphatic rings. The highest BCUT2D eigenvalue weighted by molar-refractivity contribution is 6.20. The molecule has 1 atom stereocenters. The van der Waals surface area contributed by atoms with Crippen molar-refractivity contribution in [3.05, 3.63) is 229 Å². The van der Waals surface area contributed by atoms with Gasteiger partial charge in [-0.2, -0.15) is 0 Å². The van der Waals surface area contributed by atoms with E-state index in [4.69, 9.17) is 10.7 Å². The van der Waals surface area contributed by atoms with Crippen molar-refractivity contribution in [1.82, 2.24) is 5.32 Å². The second-order valence-electron chi connectivity index (χ2n) is 14.9. The summed E-state index contributed by atoms with van der Waals surface area (Å²) >= 11 is 0. The van der Waals surface area contributed by atoms with Gasteiger partial charge in [0.1, 0.15) is 12.0 Å². The monoisotopic (exact) mass is 743 g/mol. The summed E-state index contributed by atoms with van der Waals surface area (Å²) in [6.07, 6.45) is -0.446. The molecule has 3 nitrogen and oxygen atoms in total. The van der Waals surface area contributed by atoms with E-state index in [-0.39, 0.29) is 0 Å². The zero-order valence-corrected chi connectivity index (χ0v) is 32.0. The molecule has 0 bridgehead atoms. The van der Waals surface area contributed by atoms with Gasteiger partial charge in [0.2, 0.25) is 0 Å². The van der Waals surface area contributed by atoms with E-state index in [1.165, 1.54) is 60.1 Å². The van der Waals surface area contributed by atoms with Crippen LogP contribution in [0.5, 0.6) is 0 Å². The molecule has 0 amide bonds. The summed E-state index contributed by atoms with van der Waals surface area (Å²) in [4.78, 5) is 5.31. The van der Waals surface area contributed by atoms with Gasteiger partial charge in [0.05, 0.1) is 6.54 Å². The number of amidine groups is 1. The normalized spacial score (nSPS) is 12.3. The van der Waals surface area contributed by atoms with Crippen LogP contribution in [-0.2, 0) is 6.54 Å². The molecule has 10 rings (SSSR count). The Kier molecular flexibility index (Phi) is 9.27. The van der Waals surface area contributed by atoms with Crippen molar-refractivity contribution in [2.75, 3.05) is 0 Å². The topological polar surface area (TPSA) is 50.4 Å². The molecule has 0 saturated carbocycles. The van der Waals surface area contributed by atoms with Gasteiger partial charge in [0.25, 0.3) is 0 Å². The van der Waals surface area contributed by atoms with Crippen molar-refractivity contribution in [2.45, 2.75) is 12.7 Å². The van der Waals surface area contributed by atoms with Crippen LogP contribution in [0.25, 0.3) is 76.5 Å². The zero-order chi connectivity index (χ0) is 38.8. The molecule has 1 unspecified atom stereocenters. The number of nitrogens with zero attached hydrogens (tertiary/aromatic N) is 1. The summed E-state index contributed by atoms with van der Waals surface area (Å²) in [6, 6.07) is 75.6. The number of nitrogens with one attached hydrogen (secondary N) is 1. The van der Waals surface area contributed by atoms with Gasteiger partial charge in [0, 0.05) is 5.56 Å². The van der Waals surface area contributed by atoms with Crippen LogP contribution in [0.1, 0.15) is 22.9 Å². The molecule has 0 fully saturated rings. The van der Waals surface area contributed by atoms with Crippen LogP contribution < -0.4 is 11.1 Å². The number of aliphatic imine (C=N–C) groups is 1. The smallest absolute Gasteiger partial charge is 0.130 e. The standard InChI is InChI=1S/C55H41N3/c56-54(41-18-5-2-6-19-41)58-55(57-36-43-21-9-10-22-44(43)37-15-3-1-4-16-37)51-34-33-46(48-25-13-14-26-49(48)51)39-27-29-40(30-28-39)53-47-24-12-8-20-42(47)35-52-45-23-11-7-17-38(45)31-32-50(52)53/h1-35,54H,36,56H2,(H,57,58). The Labute approximate surface area is 338 Å². The Morgan fingerprint density at radius 1 is 0.431 bits per heavy atom. The molecule has 0 aliphatic heterocycles. The van der Waals surface area contributed by atoms with E-state index in [2.05, 4.69) is 187 Å². The summed E-state index contributed by atoms with van der Waals surface area (Å²) in [5.74, 6) is 0.757. The van der Waals surface area contributed by atoms with Crippen LogP contribution in [-0.4, -0.2) is 5.84 Å². The van der Waals surface area contributed by atoms with Crippen LogP contribution in [0.15, 0.2) is 217 Å². The molecule has 0 radical (unpaired) electrons. The van der Waals surface area contributed by atoms with E-state index < -0.39 is 6.17 Å². The minimum atomic E-state index is -0.446. The maximum atomic E-state index is 6.85.